The van der Waals surface area contributed by atoms with Gasteiger partial charge in [-0.1, -0.05) is 18.2 Å². The first-order valence-electron chi connectivity index (χ1n) is 7.81. The zero-order valence-corrected chi connectivity index (χ0v) is 13.8. The molecule has 0 spiro atoms. The Morgan fingerprint density at radius 1 is 1.11 bits per heavy atom. The van der Waals surface area contributed by atoms with Gasteiger partial charge in [0.05, 0.1) is 23.3 Å². The minimum absolute atomic E-state index is 0.0864. The van der Waals surface area contributed by atoms with E-state index in [1.54, 1.807) is 6.07 Å². The topological polar surface area (TPSA) is 98.3 Å². The maximum absolute atomic E-state index is 13.3. The minimum Gasteiger partial charge on any atom is -0.386 e. The van der Waals surface area contributed by atoms with Crippen molar-refractivity contribution in [3.05, 3.63) is 92.3 Å². The van der Waals surface area contributed by atoms with Crippen molar-refractivity contribution in [1.29, 1.82) is 0 Å². The molecular weight excluding hydrogens is 360 g/mol. The standard InChI is InChI=1S/C18H13F2N3O4/c19-14-5-4-12(9-15(14)20)17(24)10-22-18(25)7-6-16(21-22)11-2-1-3-13(8-11)23(26)27/h1-9,17,24H,10H2/t17-/m1/s1. The summed E-state index contributed by atoms with van der Waals surface area (Å²) in [5.74, 6) is -2.16. The molecule has 1 heterocycles. The fraction of sp³-hybridized carbons (Fsp3) is 0.111. The summed E-state index contributed by atoms with van der Waals surface area (Å²) in [5.41, 5.74) is 0.138. The molecule has 0 bridgehead atoms. The zero-order chi connectivity index (χ0) is 19.6. The van der Waals surface area contributed by atoms with Gasteiger partial charge < -0.3 is 5.11 Å². The van der Waals surface area contributed by atoms with Gasteiger partial charge in [-0.3, -0.25) is 14.9 Å². The average Bonchev–Trinajstić information content (AvgIpc) is 2.65. The van der Waals surface area contributed by atoms with Crippen molar-refractivity contribution in [1.82, 2.24) is 9.78 Å². The molecule has 0 aliphatic rings. The SMILES string of the molecule is O=c1ccc(-c2cccc([N+](=O)[O-])c2)nn1C[C@@H](O)c1ccc(F)c(F)c1. The van der Waals surface area contributed by atoms with Gasteiger partial charge in [-0.05, 0) is 23.8 Å². The first-order chi connectivity index (χ1) is 12.8. The van der Waals surface area contributed by atoms with Crippen molar-refractivity contribution in [3.63, 3.8) is 0 Å². The van der Waals surface area contributed by atoms with Crippen LogP contribution in [0.15, 0.2) is 59.4 Å². The van der Waals surface area contributed by atoms with Crippen molar-refractivity contribution in [3.8, 4) is 11.3 Å². The van der Waals surface area contributed by atoms with Crippen LogP contribution in [0.5, 0.6) is 0 Å². The van der Waals surface area contributed by atoms with Crippen LogP contribution < -0.4 is 5.56 Å². The van der Waals surface area contributed by atoms with Gasteiger partial charge in [-0.15, -0.1) is 0 Å². The Morgan fingerprint density at radius 2 is 1.89 bits per heavy atom. The second-order valence-electron chi connectivity index (χ2n) is 5.74. The number of halogens is 2. The number of nitrogens with zero attached hydrogens (tertiary/aromatic N) is 3. The fourth-order valence-electron chi connectivity index (χ4n) is 2.50. The van der Waals surface area contributed by atoms with E-state index in [-0.39, 0.29) is 23.5 Å². The number of aliphatic hydroxyl groups excluding tert-OH is 1. The highest BCUT2D eigenvalue weighted by Crippen LogP contribution is 2.22. The summed E-state index contributed by atoms with van der Waals surface area (Å²) in [6.45, 7) is -0.299. The van der Waals surface area contributed by atoms with E-state index in [9.17, 15) is 28.8 Å². The van der Waals surface area contributed by atoms with E-state index in [1.807, 2.05) is 0 Å². The lowest BCUT2D eigenvalue weighted by Gasteiger charge is -2.13. The minimum atomic E-state index is -1.30. The Kier molecular flexibility index (Phi) is 5.04. The Labute approximate surface area is 151 Å². The summed E-state index contributed by atoms with van der Waals surface area (Å²) >= 11 is 0. The second-order valence-corrected chi connectivity index (χ2v) is 5.74. The van der Waals surface area contributed by atoms with Crippen molar-refractivity contribution in [2.24, 2.45) is 0 Å². The largest absolute Gasteiger partial charge is 0.386 e. The summed E-state index contributed by atoms with van der Waals surface area (Å²) in [6.07, 6.45) is -1.30. The third kappa shape index (κ3) is 4.04. The molecule has 9 heteroatoms. The predicted octanol–water partition coefficient (Wildman–Crippen LogP) is 2.83. The maximum atomic E-state index is 13.3. The molecule has 7 nitrogen and oxygen atoms in total. The van der Waals surface area contributed by atoms with Gasteiger partial charge in [0.1, 0.15) is 0 Å². The van der Waals surface area contributed by atoms with E-state index in [0.29, 0.717) is 5.56 Å². The molecule has 27 heavy (non-hydrogen) atoms. The number of benzene rings is 2. The Balaban J connectivity index is 1.91. The van der Waals surface area contributed by atoms with Crippen LogP contribution in [0.2, 0.25) is 0 Å². The number of hydrogen-bond acceptors (Lipinski definition) is 5. The van der Waals surface area contributed by atoms with Crippen LogP contribution in [0.3, 0.4) is 0 Å². The van der Waals surface area contributed by atoms with E-state index in [1.165, 1.54) is 36.4 Å². The molecule has 0 saturated carbocycles. The summed E-state index contributed by atoms with van der Waals surface area (Å²) in [7, 11) is 0. The van der Waals surface area contributed by atoms with Gasteiger partial charge in [-0.2, -0.15) is 5.10 Å². The molecule has 3 rings (SSSR count). The Morgan fingerprint density at radius 3 is 2.59 bits per heavy atom. The van der Waals surface area contributed by atoms with Crippen molar-refractivity contribution < 1.29 is 18.8 Å². The van der Waals surface area contributed by atoms with E-state index in [2.05, 4.69) is 5.10 Å². The van der Waals surface area contributed by atoms with Crippen LogP contribution in [-0.2, 0) is 6.54 Å². The molecule has 0 aliphatic heterocycles. The summed E-state index contributed by atoms with van der Waals surface area (Å²) < 4.78 is 27.3. The third-order valence-electron chi connectivity index (χ3n) is 3.89. The smallest absolute Gasteiger partial charge is 0.270 e. The second kappa shape index (κ2) is 7.42. The number of nitro benzene ring substituents is 1. The number of rotatable bonds is 5. The van der Waals surface area contributed by atoms with E-state index in [0.717, 1.165) is 16.8 Å². The van der Waals surface area contributed by atoms with Crippen molar-refractivity contribution in [2.75, 3.05) is 0 Å². The first-order valence-corrected chi connectivity index (χ1v) is 7.81. The molecule has 1 atom stereocenters. The van der Waals surface area contributed by atoms with Crippen molar-refractivity contribution in [2.45, 2.75) is 12.6 Å². The monoisotopic (exact) mass is 373 g/mol. The van der Waals surface area contributed by atoms with Crippen LogP contribution in [0.1, 0.15) is 11.7 Å². The van der Waals surface area contributed by atoms with E-state index >= 15 is 0 Å². The van der Waals surface area contributed by atoms with Crippen LogP contribution in [0.4, 0.5) is 14.5 Å². The van der Waals surface area contributed by atoms with Gasteiger partial charge in [0, 0.05) is 23.8 Å². The summed E-state index contributed by atoms with van der Waals surface area (Å²) in [5, 5.41) is 25.2. The Hall–Kier alpha value is -3.46. The normalized spacial score (nSPS) is 12.0. The average molecular weight is 373 g/mol. The first kappa shape index (κ1) is 18.3. The summed E-state index contributed by atoms with van der Waals surface area (Å²) in [4.78, 5) is 22.4. The van der Waals surface area contributed by atoms with Crippen LogP contribution in [0, 0.1) is 21.7 Å². The molecular formula is C18H13F2N3O4. The molecule has 0 unspecified atom stereocenters. The van der Waals surface area contributed by atoms with Crippen LogP contribution in [-0.4, -0.2) is 19.8 Å². The van der Waals surface area contributed by atoms with Crippen LogP contribution in [0.25, 0.3) is 11.3 Å². The molecule has 1 N–H and O–H groups in total. The number of non-ortho nitro benzene ring substituents is 1. The lowest BCUT2D eigenvalue weighted by atomic mass is 10.1. The van der Waals surface area contributed by atoms with Crippen molar-refractivity contribution >= 4 is 5.69 Å². The van der Waals surface area contributed by atoms with Gasteiger partial charge in [0.25, 0.3) is 11.2 Å². The number of aliphatic hydroxyl groups is 1. The lowest BCUT2D eigenvalue weighted by Crippen LogP contribution is -2.25. The predicted molar refractivity (Wildman–Crippen MR) is 91.9 cm³/mol. The zero-order valence-electron chi connectivity index (χ0n) is 13.8. The number of hydrogen-bond donors (Lipinski definition) is 1. The third-order valence-corrected chi connectivity index (χ3v) is 3.89. The molecule has 0 radical (unpaired) electrons. The highest BCUT2D eigenvalue weighted by Gasteiger charge is 2.14. The van der Waals surface area contributed by atoms with Gasteiger partial charge in [-0.25, -0.2) is 13.5 Å². The summed E-state index contributed by atoms with van der Waals surface area (Å²) in [6, 6.07) is 11.3. The molecule has 138 valence electrons. The lowest BCUT2D eigenvalue weighted by molar-refractivity contribution is -0.384. The molecule has 0 fully saturated rings. The van der Waals surface area contributed by atoms with Gasteiger partial charge in [0.2, 0.25) is 0 Å². The van der Waals surface area contributed by atoms with E-state index in [4.69, 9.17) is 0 Å². The molecule has 3 aromatic rings. The molecule has 0 aliphatic carbocycles. The Bertz CT molecular complexity index is 1070. The molecule has 2 aromatic carbocycles. The quantitative estimate of drug-likeness (QED) is 0.548. The molecule has 0 saturated heterocycles. The molecule has 0 amide bonds. The highest BCUT2D eigenvalue weighted by molar-refractivity contribution is 5.61. The van der Waals surface area contributed by atoms with Gasteiger partial charge >= 0.3 is 0 Å². The highest BCUT2D eigenvalue weighted by atomic mass is 19.2. The van der Waals surface area contributed by atoms with Gasteiger partial charge in [0.15, 0.2) is 11.6 Å². The van der Waals surface area contributed by atoms with E-state index < -0.39 is 28.2 Å². The number of nitro groups is 1. The molecule has 1 aromatic heterocycles. The number of aromatic nitrogens is 2. The maximum Gasteiger partial charge on any atom is 0.270 e. The van der Waals surface area contributed by atoms with Crippen LogP contribution >= 0.6 is 0 Å². The fourth-order valence-corrected chi connectivity index (χ4v) is 2.50.